The fourth-order valence-corrected chi connectivity index (χ4v) is 2.41. The molecule has 2 aliphatic rings. The third kappa shape index (κ3) is 2.50. The lowest BCUT2D eigenvalue weighted by Crippen LogP contribution is -1.93. The Labute approximate surface area is 93.1 Å². The van der Waals surface area contributed by atoms with Crippen LogP contribution in [0.4, 0.5) is 0 Å². The molecule has 0 fully saturated rings. The van der Waals surface area contributed by atoms with E-state index in [0.29, 0.717) is 0 Å². The van der Waals surface area contributed by atoms with E-state index in [9.17, 15) is 0 Å². The highest BCUT2D eigenvalue weighted by Crippen LogP contribution is 2.31. The maximum Gasteiger partial charge on any atom is -0.00888 e. The molecule has 0 saturated carbocycles. The number of hydrogen-bond acceptors (Lipinski definition) is 0. The molecule has 0 aliphatic heterocycles. The quantitative estimate of drug-likeness (QED) is 0.605. The second kappa shape index (κ2) is 5.16. The lowest BCUT2D eigenvalue weighted by Gasteiger charge is -2.12. The zero-order valence-electron chi connectivity index (χ0n) is 9.63. The molecule has 0 heterocycles. The summed E-state index contributed by atoms with van der Waals surface area (Å²) in [6.07, 6.45) is 19.0. The monoisotopic (exact) mass is 200 g/mol. The van der Waals surface area contributed by atoms with Gasteiger partial charge in [-0.15, -0.1) is 0 Å². The van der Waals surface area contributed by atoms with Crippen LogP contribution < -0.4 is 0 Å². The molecule has 0 aromatic carbocycles. The molecule has 0 aromatic heterocycles. The first-order chi connectivity index (χ1) is 7.42. The predicted octanol–water partition coefficient (Wildman–Crippen LogP) is 4.71. The largest absolute Gasteiger partial charge is 0.0845 e. The summed E-state index contributed by atoms with van der Waals surface area (Å²) in [5, 5.41) is 0. The van der Waals surface area contributed by atoms with Crippen LogP contribution in [0.3, 0.4) is 0 Å². The van der Waals surface area contributed by atoms with Gasteiger partial charge in [-0.05, 0) is 55.2 Å². The Hall–Kier alpha value is -1.04. The van der Waals surface area contributed by atoms with Crippen molar-refractivity contribution in [1.82, 2.24) is 0 Å². The summed E-state index contributed by atoms with van der Waals surface area (Å²) in [6.45, 7) is 2.25. The van der Waals surface area contributed by atoms with Crippen LogP contribution in [-0.4, -0.2) is 0 Å². The molecular formula is C15H20. The van der Waals surface area contributed by atoms with Crippen molar-refractivity contribution >= 4 is 0 Å². The Morgan fingerprint density at radius 3 is 3.00 bits per heavy atom. The van der Waals surface area contributed by atoms with Crippen LogP contribution in [0.25, 0.3) is 0 Å². The van der Waals surface area contributed by atoms with Gasteiger partial charge in [0.25, 0.3) is 0 Å². The van der Waals surface area contributed by atoms with Gasteiger partial charge >= 0.3 is 0 Å². The SMILES string of the molecule is CCC1=C(C2=CC=CCCCC2)CC=C1. The van der Waals surface area contributed by atoms with Crippen LogP contribution in [0, 0.1) is 0 Å². The average Bonchev–Trinajstić information content (AvgIpc) is 2.65. The molecule has 0 aromatic rings. The molecule has 0 N–H and O–H groups in total. The van der Waals surface area contributed by atoms with Crippen LogP contribution in [0.5, 0.6) is 0 Å². The molecule has 0 atom stereocenters. The number of rotatable bonds is 2. The Kier molecular flexibility index (Phi) is 3.60. The molecule has 0 heteroatoms. The fourth-order valence-electron chi connectivity index (χ4n) is 2.41. The number of allylic oxidation sites excluding steroid dienone is 8. The molecule has 80 valence electrons. The van der Waals surface area contributed by atoms with E-state index in [2.05, 4.69) is 37.3 Å². The van der Waals surface area contributed by atoms with Crippen molar-refractivity contribution in [2.75, 3.05) is 0 Å². The predicted molar refractivity (Wildman–Crippen MR) is 66.8 cm³/mol. The highest BCUT2D eigenvalue weighted by Gasteiger charge is 2.12. The molecule has 0 unspecified atom stereocenters. The van der Waals surface area contributed by atoms with Gasteiger partial charge in [0.1, 0.15) is 0 Å². The molecule has 0 nitrogen and oxygen atoms in total. The summed E-state index contributed by atoms with van der Waals surface area (Å²) in [6, 6.07) is 0. The summed E-state index contributed by atoms with van der Waals surface area (Å²) >= 11 is 0. The Bertz CT molecular complexity index is 337. The maximum atomic E-state index is 2.33. The molecular weight excluding hydrogens is 180 g/mol. The van der Waals surface area contributed by atoms with E-state index in [1.165, 1.54) is 32.1 Å². The van der Waals surface area contributed by atoms with Gasteiger partial charge in [0.05, 0.1) is 0 Å². The average molecular weight is 200 g/mol. The molecule has 2 aliphatic carbocycles. The second-order valence-electron chi connectivity index (χ2n) is 4.33. The summed E-state index contributed by atoms with van der Waals surface area (Å²) in [7, 11) is 0. The third-order valence-electron chi connectivity index (χ3n) is 3.30. The van der Waals surface area contributed by atoms with E-state index in [1.54, 1.807) is 16.7 Å². The van der Waals surface area contributed by atoms with E-state index in [4.69, 9.17) is 0 Å². The van der Waals surface area contributed by atoms with E-state index >= 15 is 0 Å². The van der Waals surface area contributed by atoms with Crippen molar-refractivity contribution in [2.45, 2.75) is 45.4 Å². The van der Waals surface area contributed by atoms with Crippen molar-refractivity contribution < 1.29 is 0 Å². The molecule has 0 saturated heterocycles. The van der Waals surface area contributed by atoms with E-state index in [0.717, 1.165) is 6.42 Å². The van der Waals surface area contributed by atoms with E-state index in [-0.39, 0.29) is 0 Å². The van der Waals surface area contributed by atoms with Gasteiger partial charge in [0, 0.05) is 0 Å². The molecule has 0 bridgehead atoms. The van der Waals surface area contributed by atoms with Gasteiger partial charge < -0.3 is 0 Å². The summed E-state index contributed by atoms with van der Waals surface area (Å²) in [5.74, 6) is 0. The van der Waals surface area contributed by atoms with E-state index in [1.807, 2.05) is 0 Å². The van der Waals surface area contributed by atoms with Crippen LogP contribution in [-0.2, 0) is 0 Å². The van der Waals surface area contributed by atoms with Crippen molar-refractivity contribution in [3.05, 3.63) is 47.1 Å². The van der Waals surface area contributed by atoms with Gasteiger partial charge in [-0.1, -0.05) is 37.3 Å². The Morgan fingerprint density at radius 1 is 1.20 bits per heavy atom. The molecule has 0 amide bonds. The summed E-state index contributed by atoms with van der Waals surface area (Å²) in [5.41, 5.74) is 4.73. The summed E-state index contributed by atoms with van der Waals surface area (Å²) in [4.78, 5) is 0. The smallest absolute Gasteiger partial charge is 0.00888 e. The van der Waals surface area contributed by atoms with Crippen LogP contribution in [0.15, 0.2) is 47.1 Å². The maximum absolute atomic E-state index is 2.33. The van der Waals surface area contributed by atoms with Crippen molar-refractivity contribution in [3.8, 4) is 0 Å². The van der Waals surface area contributed by atoms with Gasteiger partial charge in [-0.3, -0.25) is 0 Å². The fraction of sp³-hybridized carbons (Fsp3) is 0.467. The number of hydrogen-bond donors (Lipinski definition) is 0. The molecule has 0 spiro atoms. The first-order valence-corrected chi connectivity index (χ1v) is 6.16. The van der Waals surface area contributed by atoms with Crippen LogP contribution in [0.2, 0.25) is 0 Å². The standard InChI is InChI=1S/C15H20/c1-2-13-11-8-12-15(13)14-9-6-4-3-5-7-10-14/h4,6,8-9,11H,2-3,5,7,10,12H2,1H3. The Balaban J connectivity index is 2.21. The van der Waals surface area contributed by atoms with E-state index < -0.39 is 0 Å². The summed E-state index contributed by atoms with van der Waals surface area (Å²) < 4.78 is 0. The molecule has 2 rings (SSSR count). The Morgan fingerprint density at radius 2 is 2.13 bits per heavy atom. The highest BCUT2D eigenvalue weighted by atomic mass is 14.2. The zero-order valence-corrected chi connectivity index (χ0v) is 9.63. The van der Waals surface area contributed by atoms with Gasteiger partial charge in [0.2, 0.25) is 0 Å². The van der Waals surface area contributed by atoms with Crippen molar-refractivity contribution in [3.63, 3.8) is 0 Å². The molecule has 15 heavy (non-hydrogen) atoms. The third-order valence-corrected chi connectivity index (χ3v) is 3.30. The lowest BCUT2D eigenvalue weighted by molar-refractivity contribution is 0.738. The minimum absolute atomic E-state index is 1.16. The van der Waals surface area contributed by atoms with Crippen molar-refractivity contribution in [2.24, 2.45) is 0 Å². The lowest BCUT2D eigenvalue weighted by atomic mass is 9.93. The minimum atomic E-state index is 1.16. The topological polar surface area (TPSA) is 0 Å². The van der Waals surface area contributed by atoms with Gasteiger partial charge in [-0.2, -0.15) is 0 Å². The zero-order chi connectivity index (χ0) is 10.5. The first-order valence-electron chi connectivity index (χ1n) is 6.16. The van der Waals surface area contributed by atoms with Crippen molar-refractivity contribution in [1.29, 1.82) is 0 Å². The second-order valence-corrected chi connectivity index (χ2v) is 4.33. The first kappa shape index (κ1) is 10.5. The minimum Gasteiger partial charge on any atom is -0.0845 e. The van der Waals surface area contributed by atoms with Crippen LogP contribution in [0.1, 0.15) is 45.4 Å². The highest BCUT2D eigenvalue weighted by molar-refractivity contribution is 5.47. The normalized spacial score (nSPS) is 21.5. The van der Waals surface area contributed by atoms with Crippen LogP contribution >= 0.6 is 0 Å². The van der Waals surface area contributed by atoms with Gasteiger partial charge in [0.15, 0.2) is 0 Å². The molecule has 0 radical (unpaired) electrons. The van der Waals surface area contributed by atoms with Gasteiger partial charge in [-0.25, -0.2) is 0 Å².